The highest BCUT2D eigenvalue weighted by Gasteiger charge is 2.23. The molecule has 2 aromatic rings. The molecular weight excluding hydrogens is 370 g/mol. The molecule has 3 rings (SSSR count). The zero-order valence-electron chi connectivity index (χ0n) is 13.9. The number of nitrogens with zero attached hydrogens (tertiary/aromatic N) is 6. The van der Waals surface area contributed by atoms with Gasteiger partial charge in [0.05, 0.1) is 0 Å². The predicted octanol–water partition coefficient (Wildman–Crippen LogP) is 2.46. The van der Waals surface area contributed by atoms with Crippen molar-refractivity contribution in [1.29, 1.82) is 0 Å². The molecule has 0 N–H and O–H groups in total. The lowest BCUT2D eigenvalue weighted by Crippen LogP contribution is -2.47. The molecular formula is C14H18F2N6OS2. The Hall–Kier alpha value is -1.59. The van der Waals surface area contributed by atoms with Crippen molar-refractivity contribution in [2.24, 2.45) is 0 Å². The summed E-state index contributed by atoms with van der Waals surface area (Å²) in [6, 6.07) is 1.38. The zero-order valence-corrected chi connectivity index (χ0v) is 15.5. The van der Waals surface area contributed by atoms with Crippen LogP contribution < -0.4 is 9.80 Å². The van der Waals surface area contributed by atoms with Gasteiger partial charge in [-0.3, -0.25) is 0 Å². The maximum Gasteiger partial charge on any atom is 0.280 e. The van der Waals surface area contributed by atoms with E-state index in [1.165, 1.54) is 29.4 Å². The van der Waals surface area contributed by atoms with E-state index >= 15 is 0 Å². The number of aromatic nitrogens is 4. The molecule has 0 aliphatic carbocycles. The van der Waals surface area contributed by atoms with E-state index in [0.717, 1.165) is 18.2 Å². The summed E-state index contributed by atoms with van der Waals surface area (Å²) in [6.07, 6.45) is -0.825. The van der Waals surface area contributed by atoms with Gasteiger partial charge in [-0.2, -0.15) is 4.37 Å². The van der Waals surface area contributed by atoms with Crippen molar-refractivity contribution in [2.45, 2.75) is 18.2 Å². The zero-order chi connectivity index (χ0) is 17.8. The Morgan fingerprint density at radius 3 is 2.56 bits per heavy atom. The first-order chi connectivity index (χ1) is 12.1. The molecule has 7 nitrogen and oxygen atoms in total. The molecule has 1 saturated heterocycles. The molecule has 0 spiro atoms. The summed E-state index contributed by atoms with van der Waals surface area (Å²) in [5, 5.41) is 1.22. The number of anilines is 2. The minimum absolute atomic E-state index is 0.231. The summed E-state index contributed by atoms with van der Waals surface area (Å²) < 4.78 is 35.3. The first kappa shape index (κ1) is 18.2. The third-order valence-electron chi connectivity index (χ3n) is 3.72. The lowest BCUT2D eigenvalue weighted by atomic mass is 10.3. The molecule has 1 aliphatic rings. The smallest absolute Gasteiger partial charge is 0.280 e. The molecule has 0 aromatic carbocycles. The van der Waals surface area contributed by atoms with Crippen LogP contribution in [0.3, 0.4) is 0 Å². The van der Waals surface area contributed by atoms with Crippen LogP contribution in [-0.2, 0) is 11.3 Å². The number of ether oxygens (including phenoxy) is 1. The molecule has 0 bridgehead atoms. The fraction of sp³-hybridized carbons (Fsp3) is 0.571. The maximum absolute atomic E-state index is 13.0. The molecule has 1 aliphatic heterocycles. The van der Waals surface area contributed by atoms with Crippen molar-refractivity contribution in [3.8, 4) is 0 Å². The highest BCUT2D eigenvalue weighted by atomic mass is 32.2. The van der Waals surface area contributed by atoms with Crippen molar-refractivity contribution >= 4 is 34.2 Å². The Morgan fingerprint density at radius 1 is 1.20 bits per heavy atom. The van der Waals surface area contributed by atoms with Crippen LogP contribution in [0, 0.1) is 0 Å². The monoisotopic (exact) mass is 388 g/mol. The second kappa shape index (κ2) is 8.19. The van der Waals surface area contributed by atoms with E-state index in [0.29, 0.717) is 36.5 Å². The van der Waals surface area contributed by atoms with Gasteiger partial charge in [-0.25, -0.2) is 23.7 Å². The molecule has 0 atom stereocenters. The maximum atomic E-state index is 13.0. The van der Waals surface area contributed by atoms with Gasteiger partial charge in [-0.15, -0.1) is 0 Å². The number of piperazine rings is 1. The normalized spacial score (nSPS) is 15.2. The van der Waals surface area contributed by atoms with E-state index in [-0.39, 0.29) is 5.69 Å². The summed E-state index contributed by atoms with van der Waals surface area (Å²) in [4.78, 5) is 16.8. The topological polar surface area (TPSA) is 67.3 Å². The molecule has 3 heterocycles. The van der Waals surface area contributed by atoms with Crippen molar-refractivity contribution in [3.05, 3.63) is 17.6 Å². The molecule has 25 heavy (non-hydrogen) atoms. The van der Waals surface area contributed by atoms with Crippen LogP contribution in [0.2, 0.25) is 0 Å². The van der Waals surface area contributed by atoms with E-state index in [1.54, 1.807) is 13.4 Å². The first-order valence-electron chi connectivity index (χ1n) is 7.63. The third kappa shape index (κ3) is 4.33. The van der Waals surface area contributed by atoms with Gasteiger partial charge in [0.25, 0.3) is 6.43 Å². The molecule has 11 heteroatoms. The predicted molar refractivity (Wildman–Crippen MR) is 93.8 cm³/mol. The van der Waals surface area contributed by atoms with E-state index in [2.05, 4.69) is 24.2 Å². The van der Waals surface area contributed by atoms with Gasteiger partial charge in [0, 0.05) is 50.9 Å². The number of alkyl halides is 2. The Labute approximate surface area is 152 Å². The van der Waals surface area contributed by atoms with Crippen LogP contribution in [-0.4, -0.2) is 58.9 Å². The first-order valence-corrected chi connectivity index (χ1v) is 9.63. The highest BCUT2D eigenvalue weighted by Crippen LogP contribution is 2.26. The van der Waals surface area contributed by atoms with Crippen molar-refractivity contribution < 1.29 is 13.5 Å². The van der Waals surface area contributed by atoms with Crippen molar-refractivity contribution in [2.75, 3.05) is 49.3 Å². The van der Waals surface area contributed by atoms with Gasteiger partial charge < -0.3 is 14.5 Å². The van der Waals surface area contributed by atoms with E-state index in [1.807, 2.05) is 4.90 Å². The second-order valence-corrected chi connectivity index (χ2v) is 6.84. The van der Waals surface area contributed by atoms with Gasteiger partial charge in [0.15, 0.2) is 11.0 Å². The van der Waals surface area contributed by atoms with E-state index < -0.39 is 6.43 Å². The fourth-order valence-electron chi connectivity index (χ4n) is 2.48. The van der Waals surface area contributed by atoms with E-state index in [4.69, 9.17) is 4.74 Å². The van der Waals surface area contributed by atoms with Gasteiger partial charge in [-0.1, -0.05) is 11.8 Å². The summed E-state index contributed by atoms with van der Waals surface area (Å²) in [5.41, 5.74) is -0.231. The number of rotatable bonds is 6. The standard InChI is InChI=1S/C14H18F2N6OS2/c1-23-8-10-18-14(25-20-10)22-5-3-21(4-6-22)11-7-9(12(15)16)17-13(19-11)24-2/h7,12H,3-6,8H2,1-2H3. The number of methoxy groups -OCH3 is 1. The third-order valence-corrected chi connectivity index (χ3v) is 5.09. The van der Waals surface area contributed by atoms with Crippen LogP contribution in [0.5, 0.6) is 0 Å². The average molecular weight is 388 g/mol. The summed E-state index contributed by atoms with van der Waals surface area (Å²) in [7, 11) is 1.61. The molecule has 0 unspecified atom stereocenters. The Bertz CT molecular complexity index is 708. The largest absolute Gasteiger partial charge is 0.377 e. The van der Waals surface area contributed by atoms with Crippen LogP contribution in [0.25, 0.3) is 0 Å². The van der Waals surface area contributed by atoms with E-state index in [9.17, 15) is 8.78 Å². The van der Waals surface area contributed by atoms with Gasteiger partial charge in [0.2, 0.25) is 5.13 Å². The molecule has 0 amide bonds. The molecule has 0 radical (unpaired) electrons. The fourth-order valence-corrected chi connectivity index (χ4v) is 3.59. The average Bonchev–Trinajstić information content (AvgIpc) is 3.10. The Kier molecular flexibility index (Phi) is 5.97. The molecule has 1 fully saturated rings. The van der Waals surface area contributed by atoms with Crippen molar-refractivity contribution in [1.82, 2.24) is 19.3 Å². The van der Waals surface area contributed by atoms with Crippen LogP contribution in [0.4, 0.5) is 19.7 Å². The van der Waals surface area contributed by atoms with Crippen LogP contribution in [0.15, 0.2) is 11.2 Å². The number of hydrogen-bond donors (Lipinski definition) is 0. The molecule has 2 aromatic heterocycles. The number of thioether (sulfide) groups is 1. The van der Waals surface area contributed by atoms with Crippen molar-refractivity contribution in [3.63, 3.8) is 0 Å². The molecule has 136 valence electrons. The Morgan fingerprint density at radius 2 is 1.92 bits per heavy atom. The Balaban J connectivity index is 1.68. The minimum atomic E-state index is -2.60. The minimum Gasteiger partial charge on any atom is -0.377 e. The SMILES string of the molecule is COCc1nsc(N2CCN(c3cc(C(F)F)nc(SC)n3)CC2)n1. The number of hydrogen-bond acceptors (Lipinski definition) is 9. The van der Waals surface area contributed by atoms with Gasteiger partial charge >= 0.3 is 0 Å². The summed E-state index contributed by atoms with van der Waals surface area (Å²) in [5.74, 6) is 1.22. The number of halogens is 2. The highest BCUT2D eigenvalue weighted by molar-refractivity contribution is 7.98. The second-order valence-electron chi connectivity index (χ2n) is 5.34. The lowest BCUT2D eigenvalue weighted by molar-refractivity contribution is 0.145. The summed E-state index contributed by atoms with van der Waals surface area (Å²) >= 11 is 2.61. The summed E-state index contributed by atoms with van der Waals surface area (Å²) in [6.45, 7) is 3.19. The molecule has 0 saturated carbocycles. The van der Waals surface area contributed by atoms with Crippen LogP contribution >= 0.6 is 23.3 Å². The van der Waals surface area contributed by atoms with Crippen LogP contribution in [0.1, 0.15) is 17.9 Å². The quantitative estimate of drug-likeness (QED) is 0.552. The lowest BCUT2D eigenvalue weighted by Gasteiger charge is -2.35. The van der Waals surface area contributed by atoms with Gasteiger partial charge in [0.1, 0.15) is 18.1 Å². The van der Waals surface area contributed by atoms with Gasteiger partial charge in [-0.05, 0) is 6.26 Å².